The fraction of sp³-hybridized carbons (Fsp3) is 0.190. The SMILES string of the molecule is CC(C)=CC=CC=CC=CC=C[CH+]C=CC=CC=C(C)C. The second kappa shape index (κ2) is 14.2. The molecule has 21 heavy (non-hydrogen) atoms. The molecule has 0 radical (unpaired) electrons. The number of hydrogen-bond donors (Lipinski definition) is 0. The second-order valence-electron chi connectivity index (χ2n) is 4.99. The van der Waals surface area contributed by atoms with Crippen LogP contribution < -0.4 is 0 Å². The molecule has 110 valence electrons. The Morgan fingerprint density at radius 2 is 0.810 bits per heavy atom. The molecule has 0 aromatic heterocycles. The summed E-state index contributed by atoms with van der Waals surface area (Å²) in [5.41, 5.74) is 2.61. The average molecular weight is 279 g/mol. The van der Waals surface area contributed by atoms with E-state index < -0.39 is 0 Å². The normalized spacial score (nSPS) is 12.6. The van der Waals surface area contributed by atoms with E-state index >= 15 is 0 Å². The Labute approximate surface area is 131 Å². The molecule has 0 unspecified atom stereocenters. The first kappa shape index (κ1) is 18.8. The molecule has 0 nitrogen and oxygen atoms in total. The van der Waals surface area contributed by atoms with Gasteiger partial charge in [0.25, 0.3) is 0 Å². The highest BCUT2D eigenvalue weighted by molar-refractivity contribution is 5.22. The van der Waals surface area contributed by atoms with Crippen molar-refractivity contribution in [2.45, 2.75) is 27.7 Å². The van der Waals surface area contributed by atoms with Crippen LogP contribution in [0.25, 0.3) is 0 Å². The number of allylic oxidation sites excluding steroid dienone is 16. The van der Waals surface area contributed by atoms with Gasteiger partial charge in [-0.2, -0.15) is 0 Å². The minimum atomic E-state index is 1.30. The summed E-state index contributed by atoms with van der Waals surface area (Å²) in [6, 6.07) is 0. The smallest absolute Gasteiger partial charge is 0.0466 e. The molecule has 0 aliphatic rings. The van der Waals surface area contributed by atoms with E-state index in [0.29, 0.717) is 0 Å². The van der Waals surface area contributed by atoms with Gasteiger partial charge < -0.3 is 0 Å². The van der Waals surface area contributed by atoms with Crippen LogP contribution in [0, 0.1) is 6.42 Å². The molecule has 0 atom stereocenters. The van der Waals surface area contributed by atoms with Crippen molar-refractivity contribution in [2.24, 2.45) is 0 Å². The summed E-state index contributed by atoms with van der Waals surface area (Å²) in [5.74, 6) is 0. The highest BCUT2D eigenvalue weighted by Gasteiger charge is 1.76. The maximum absolute atomic E-state index is 2.08. The van der Waals surface area contributed by atoms with Gasteiger partial charge in [0.15, 0.2) is 0 Å². The molecule has 0 aliphatic heterocycles. The Morgan fingerprint density at radius 3 is 1.24 bits per heavy atom. The summed E-state index contributed by atoms with van der Waals surface area (Å²) in [6.07, 6.45) is 30.4. The summed E-state index contributed by atoms with van der Waals surface area (Å²) in [4.78, 5) is 0. The lowest BCUT2D eigenvalue weighted by molar-refractivity contribution is 1.39. The molecule has 0 fully saturated rings. The Balaban J connectivity index is 3.84. The zero-order valence-electron chi connectivity index (χ0n) is 13.7. The van der Waals surface area contributed by atoms with Crippen molar-refractivity contribution in [2.75, 3.05) is 0 Å². The molecule has 0 rings (SSSR count). The van der Waals surface area contributed by atoms with Crippen LogP contribution in [-0.2, 0) is 0 Å². The van der Waals surface area contributed by atoms with Crippen molar-refractivity contribution in [3.05, 3.63) is 103 Å². The molecule has 0 aromatic rings. The van der Waals surface area contributed by atoms with Crippen LogP contribution in [0.15, 0.2) is 96.2 Å². The molecule has 0 saturated carbocycles. The largest absolute Gasteiger partial charge is 0.0764 e. The lowest BCUT2D eigenvalue weighted by Gasteiger charge is -1.79. The van der Waals surface area contributed by atoms with Crippen molar-refractivity contribution in [3.63, 3.8) is 0 Å². The van der Waals surface area contributed by atoms with Gasteiger partial charge in [-0.15, -0.1) is 0 Å². The van der Waals surface area contributed by atoms with Crippen molar-refractivity contribution in [1.29, 1.82) is 0 Å². The van der Waals surface area contributed by atoms with E-state index in [-0.39, 0.29) is 0 Å². The van der Waals surface area contributed by atoms with Crippen LogP contribution in [0.2, 0.25) is 0 Å². The van der Waals surface area contributed by atoms with Gasteiger partial charge in [0, 0.05) is 30.7 Å². The van der Waals surface area contributed by atoms with Gasteiger partial charge in [0.05, 0.1) is 0 Å². The molecule has 0 bridgehead atoms. The first-order chi connectivity index (χ1) is 10.1. The molecular formula is C21H27+. The molecular weight excluding hydrogens is 252 g/mol. The van der Waals surface area contributed by atoms with E-state index in [1.807, 2.05) is 79.3 Å². The van der Waals surface area contributed by atoms with Gasteiger partial charge in [-0.3, -0.25) is 0 Å². The monoisotopic (exact) mass is 279 g/mol. The Morgan fingerprint density at radius 1 is 0.476 bits per heavy atom. The fourth-order valence-electron chi connectivity index (χ4n) is 1.20. The molecule has 0 amide bonds. The van der Waals surface area contributed by atoms with Crippen LogP contribution in [-0.4, -0.2) is 0 Å². The Hall–Kier alpha value is -2.21. The van der Waals surface area contributed by atoms with Gasteiger partial charge >= 0.3 is 0 Å². The van der Waals surface area contributed by atoms with E-state index in [0.717, 1.165) is 0 Å². The lowest BCUT2D eigenvalue weighted by atomic mass is 10.3. The predicted molar refractivity (Wildman–Crippen MR) is 98.0 cm³/mol. The fourth-order valence-corrected chi connectivity index (χ4v) is 1.20. The van der Waals surface area contributed by atoms with Gasteiger partial charge in [-0.1, -0.05) is 47.6 Å². The van der Waals surface area contributed by atoms with E-state index in [1.54, 1.807) is 0 Å². The second-order valence-corrected chi connectivity index (χ2v) is 4.99. The molecule has 0 heteroatoms. The van der Waals surface area contributed by atoms with Crippen molar-refractivity contribution >= 4 is 0 Å². The van der Waals surface area contributed by atoms with Crippen LogP contribution in [0.1, 0.15) is 27.7 Å². The van der Waals surface area contributed by atoms with E-state index in [4.69, 9.17) is 0 Å². The van der Waals surface area contributed by atoms with E-state index in [2.05, 4.69) is 39.8 Å². The predicted octanol–water partition coefficient (Wildman–Crippen LogP) is 6.46. The molecule has 0 aliphatic carbocycles. The highest BCUT2D eigenvalue weighted by Crippen LogP contribution is 1.92. The third-order valence-electron chi connectivity index (χ3n) is 2.19. The van der Waals surface area contributed by atoms with Crippen LogP contribution in [0.4, 0.5) is 0 Å². The van der Waals surface area contributed by atoms with Gasteiger partial charge in [0.2, 0.25) is 0 Å². The van der Waals surface area contributed by atoms with Crippen LogP contribution in [0.5, 0.6) is 0 Å². The van der Waals surface area contributed by atoms with E-state index in [9.17, 15) is 0 Å². The van der Waals surface area contributed by atoms with Crippen molar-refractivity contribution in [1.82, 2.24) is 0 Å². The third kappa shape index (κ3) is 17.8. The maximum Gasteiger partial charge on any atom is 0.0466 e. The zero-order chi connectivity index (χ0) is 15.8. The molecule has 0 aromatic carbocycles. The third-order valence-corrected chi connectivity index (χ3v) is 2.19. The standard InChI is InChI=1S/C21H27/c1-20(2)18-16-14-12-10-8-6-5-7-9-11-13-15-17-19-21(3)4/h5-19H,1-4H3/q+1. The summed E-state index contributed by atoms with van der Waals surface area (Å²) in [5, 5.41) is 0. The molecule has 0 N–H and O–H groups in total. The summed E-state index contributed by atoms with van der Waals surface area (Å²) in [6.45, 7) is 8.34. The Bertz CT molecular complexity index is 478. The Kier molecular flexibility index (Phi) is 12.7. The first-order valence-electron chi connectivity index (χ1n) is 7.24. The zero-order valence-corrected chi connectivity index (χ0v) is 13.7. The highest BCUT2D eigenvalue weighted by atomic mass is 13.8. The quantitative estimate of drug-likeness (QED) is 0.353. The van der Waals surface area contributed by atoms with E-state index in [1.165, 1.54) is 11.1 Å². The maximum atomic E-state index is 2.08. The van der Waals surface area contributed by atoms with Crippen molar-refractivity contribution < 1.29 is 0 Å². The minimum absolute atomic E-state index is 1.30. The molecule has 0 spiro atoms. The lowest BCUT2D eigenvalue weighted by Crippen LogP contribution is -1.61. The summed E-state index contributed by atoms with van der Waals surface area (Å²) in [7, 11) is 0. The van der Waals surface area contributed by atoms with Crippen molar-refractivity contribution in [3.8, 4) is 0 Å². The number of rotatable bonds is 8. The summed E-state index contributed by atoms with van der Waals surface area (Å²) >= 11 is 0. The molecule has 0 saturated heterocycles. The average Bonchev–Trinajstić information content (AvgIpc) is 2.42. The topological polar surface area (TPSA) is 0 Å². The van der Waals surface area contributed by atoms with Gasteiger partial charge in [-0.05, 0) is 52.0 Å². The minimum Gasteiger partial charge on any atom is -0.0764 e. The van der Waals surface area contributed by atoms with Gasteiger partial charge in [-0.25, -0.2) is 0 Å². The molecule has 0 heterocycles. The first-order valence-corrected chi connectivity index (χ1v) is 7.24. The van der Waals surface area contributed by atoms with Crippen LogP contribution in [0.3, 0.4) is 0 Å². The van der Waals surface area contributed by atoms with Crippen LogP contribution >= 0.6 is 0 Å². The number of hydrogen-bond acceptors (Lipinski definition) is 0. The summed E-state index contributed by atoms with van der Waals surface area (Å²) < 4.78 is 0. The van der Waals surface area contributed by atoms with Gasteiger partial charge in [0.1, 0.15) is 0 Å².